The molecule has 0 atom stereocenters. The van der Waals surface area contributed by atoms with Gasteiger partial charge < -0.3 is 0 Å². The van der Waals surface area contributed by atoms with E-state index < -0.39 is 0 Å². The number of H-pyrrole nitrogens is 1. The molecule has 11 heavy (non-hydrogen) atoms. The van der Waals surface area contributed by atoms with Crippen molar-refractivity contribution in [3.8, 4) is 0 Å². The van der Waals surface area contributed by atoms with Gasteiger partial charge in [-0.15, -0.1) is 0 Å². The summed E-state index contributed by atoms with van der Waals surface area (Å²) in [4.78, 5) is 3.23. The SMILES string of the molecule is Cc1c[c]([Ga])c2[nH]ccc2c1. The maximum atomic E-state index is 3.23. The molecule has 0 spiro atoms. The molecular formula is C9H8GaN. The van der Waals surface area contributed by atoms with Gasteiger partial charge in [-0.1, -0.05) is 0 Å². The summed E-state index contributed by atoms with van der Waals surface area (Å²) >= 11 is 1.68. The zero-order valence-corrected chi connectivity index (χ0v) is 8.81. The van der Waals surface area contributed by atoms with Gasteiger partial charge in [0.15, 0.2) is 0 Å². The van der Waals surface area contributed by atoms with E-state index in [2.05, 4.69) is 30.1 Å². The molecule has 2 radical (unpaired) electrons. The van der Waals surface area contributed by atoms with E-state index in [0.29, 0.717) is 0 Å². The molecule has 1 nitrogen and oxygen atoms in total. The second-order valence-corrected chi connectivity index (χ2v) is 4.10. The second-order valence-electron chi connectivity index (χ2n) is 2.80. The molecular weight excluding hydrogens is 192 g/mol. The molecule has 0 aliphatic carbocycles. The number of benzene rings is 1. The molecule has 0 unspecified atom stereocenters. The summed E-state index contributed by atoms with van der Waals surface area (Å²) in [5.41, 5.74) is 2.63. The van der Waals surface area contributed by atoms with Crippen LogP contribution in [0.4, 0.5) is 0 Å². The van der Waals surface area contributed by atoms with Gasteiger partial charge in [0.25, 0.3) is 0 Å². The molecule has 1 N–H and O–H groups in total. The van der Waals surface area contributed by atoms with E-state index >= 15 is 0 Å². The number of rotatable bonds is 0. The predicted molar refractivity (Wildman–Crippen MR) is 48.4 cm³/mol. The van der Waals surface area contributed by atoms with Gasteiger partial charge in [-0.05, 0) is 0 Å². The minimum absolute atomic E-state index is 1.29. The fourth-order valence-electron chi connectivity index (χ4n) is 1.36. The van der Waals surface area contributed by atoms with Gasteiger partial charge in [-0.3, -0.25) is 0 Å². The molecule has 52 valence electrons. The quantitative estimate of drug-likeness (QED) is 0.616. The predicted octanol–water partition coefficient (Wildman–Crippen LogP) is 1.27. The minimum atomic E-state index is 1.29. The number of aryl methyl sites for hydroxylation is 1. The number of aromatic nitrogens is 1. The Morgan fingerprint density at radius 2 is 2.18 bits per heavy atom. The molecule has 2 aromatic rings. The zero-order chi connectivity index (χ0) is 7.84. The van der Waals surface area contributed by atoms with Gasteiger partial charge in [-0.2, -0.15) is 0 Å². The normalized spacial score (nSPS) is 10.6. The van der Waals surface area contributed by atoms with E-state index in [4.69, 9.17) is 0 Å². The first kappa shape index (κ1) is 7.07. The number of hydrogen-bond donors (Lipinski definition) is 1. The van der Waals surface area contributed by atoms with Gasteiger partial charge in [0.2, 0.25) is 0 Å². The van der Waals surface area contributed by atoms with Crippen LogP contribution in [-0.4, -0.2) is 23.6 Å². The molecule has 2 heteroatoms. The van der Waals surface area contributed by atoms with E-state index in [1.165, 1.54) is 20.6 Å². The van der Waals surface area contributed by atoms with E-state index in [1.54, 1.807) is 18.6 Å². The van der Waals surface area contributed by atoms with Crippen LogP contribution in [0.25, 0.3) is 10.9 Å². The molecule has 0 fully saturated rings. The monoisotopic (exact) mass is 199 g/mol. The third kappa shape index (κ3) is 1.12. The second kappa shape index (κ2) is 2.46. The molecule has 1 heterocycles. The van der Waals surface area contributed by atoms with Crippen molar-refractivity contribution in [2.24, 2.45) is 0 Å². The van der Waals surface area contributed by atoms with Gasteiger partial charge in [0.05, 0.1) is 0 Å². The summed E-state index contributed by atoms with van der Waals surface area (Å²) in [7, 11) is 0. The van der Waals surface area contributed by atoms with E-state index in [-0.39, 0.29) is 0 Å². The first-order chi connectivity index (χ1) is 5.27. The van der Waals surface area contributed by atoms with Gasteiger partial charge >= 0.3 is 75.5 Å². The zero-order valence-electron chi connectivity index (χ0n) is 6.39. The van der Waals surface area contributed by atoms with Crippen molar-refractivity contribution in [3.63, 3.8) is 0 Å². The Hall–Kier alpha value is -0.604. The number of fused-ring (bicyclic) bond motifs is 1. The van der Waals surface area contributed by atoms with Crippen LogP contribution in [0.3, 0.4) is 0 Å². The number of aromatic amines is 1. The standard InChI is InChI=1S/C9H8N.Ga/c1-7-2-3-9-8(6-7)4-5-10-9;/h2,4-6,10H,1H3;. The molecule has 0 bridgehead atoms. The third-order valence-corrected chi connectivity index (χ3v) is 2.79. The number of hydrogen-bond acceptors (Lipinski definition) is 0. The Bertz CT molecular complexity index is 389. The van der Waals surface area contributed by atoms with Crippen LogP contribution in [-0.2, 0) is 0 Å². The van der Waals surface area contributed by atoms with Crippen LogP contribution >= 0.6 is 0 Å². The Balaban J connectivity index is 2.91. The molecule has 2 rings (SSSR count). The summed E-state index contributed by atoms with van der Waals surface area (Å²) < 4.78 is 1.39. The molecule has 1 aromatic carbocycles. The Morgan fingerprint density at radius 1 is 1.36 bits per heavy atom. The van der Waals surface area contributed by atoms with E-state index in [0.717, 1.165) is 0 Å². The van der Waals surface area contributed by atoms with Gasteiger partial charge in [-0.25, -0.2) is 0 Å². The van der Waals surface area contributed by atoms with Crippen molar-refractivity contribution in [2.45, 2.75) is 6.92 Å². The number of nitrogens with one attached hydrogen (secondary N) is 1. The Morgan fingerprint density at radius 3 is 3.00 bits per heavy atom. The van der Waals surface area contributed by atoms with Crippen molar-refractivity contribution in [1.82, 2.24) is 4.98 Å². The third-order valence-electron chi connectivity index (χ3n) is 1.83. The summed E-state index contributed by atoms with van der Waals surface area (Å²) in [6, 6.07) is 6.54. The van der Waals surface area contributed by atoms with E-state index in [9.17, 15) is 0 Å². The Kier molecular flexibility index (Phi) is 1.58. The topological polar surface area (TPSA) is 15.8 Å². The maximum absolute atomic E-state index is 3.23. The van der Waals surface area contributed by atoms with Gasteiger partial charge in [0.1, 0.15) is 0 Å². The average molecular weight is 200 g/mol. The molecule has 0 aliphatic rings. The first-order valence-electron chi connectivity index (χ1n) is 3.60. The summed E-state index contributed by atoms with van der Waals surface area (Å²) in [6.07, 6.45) is 1.99. The Labute approximate surface area is 75.7 Å². The van der Waals surface area contributed by atoms with Gasteiger partial charge in [0, 0.05) is 0 Å². The molecule has 0 saturated heterocycles. The van der Waals surface area contributed by atoms with Crippen molar-refractivity contribution in [3.05, 3.63) is 30.0 Å². The molecule has 0 saturated carbocycles. The summed E-state index contributed by atoms with van der Waals surface area (Å²) in [6.45, 7) is 2.13. The van der Waals surface area contributed by atoms with Crippen molar-refractivity contribution in [1.29, 1.82) is 0 Å². The first-order valence-corrected chi connectivity index (χ1v) is 4.82. The van der Waals surface area contributed by atoms with E-state index in [1.807, 2.05) is 6.20 Å². The molecule has 1 aromatic heterocycles. The molecule has 0 aliphatic heterocycles. The van der Waals surface area contributed by atoms with Crippen LogP contribution < -0.4 is 4.12 Å². The fourth-order valence-corrected chi connectivity index (χ4v) is 2.43. The average Bonchev–Trinajstić information content (AvgIpc) is 2.34. The van der Waals surface area contributed by atoms with Crippen LogP contribution in [0.15, 0.2) is 24.4 Å². The van der Waals surface area contributed by atoms with Crippen LogP contribution in [0.2, 0.25) is 0 Å². The van der Waals surface area contributed by atoms with Crippen LogP contribution in [0, 0.1) is 6.92 Å². The van der Waals surface area contributed by atoms with Crippen molar-refractivity contribution >= 4 is 33.6 Å². The van der Waals surface area contributed by atoms with Crippen LogP contribution in [0.1, 0.15) is 5.56 Å². The van der Waals surface area contributed by atoms with Crippen molar-refractivity contribution < 1.29 is 0 Å². The molecule has 0 amide bonds. The fraction of sp³-hybridized carbons (Fsp3) is 0.111. The van der Waals surface area contributed by atoms with Crippen molar-refractivity contribution in [2.75, 3.05) is 0 Å². The summed E-state index contributed by atoms with van der Waals surface area (Å²) in [5.74, 6) is 0. The van der Waals surface area contributed by atoms with Crippen LogP contribution in [0.5, 0.6) is 0 Å². The summed E-state index contributed by atoms with van der Waals surface area (Å²) in [5, 5.41) is 1.32.